The average molecular weight is 335 g/mol. The summed E-state index contributed by atoms with van der Waals surface area (Å²) >= 11 is 1.33. The maximum Gasteiger partial charge on any atom is 0.236 e. The van der Waals surface area contributed by atoms with Gasteiger partial charge >= 0.3 is 0 Å². The smallest absolute Gasteiger partial charge is 0.236 e. The minimum absolute atomic E-state index is 0.0579. The third-order valence-corrected chi connectivity index (χ3v) is 4.79. The predicted octanol–water partition coefficient (Wildman–Crippen LogP) is 3.04. The number of rotatable bonds is 4. The highest BCUT2D eigenvalue weighted by Gasteiger charge is 2.30. The Morgan fingerprint density at radius 3 is 2.78 bits per heavy atom. The summed E-state index contributed by atoms with van der Waals surface area (Å²) in [4.78, 5) is 22.4. The van der Waals surface area contributed by atoms with E-state index in [0.717, 1.165) is 18.9 Å². The number of thioether (sulfide) groups is 1. The first-order chi connectivity index (χ1) is 11.1. The summed E-state index contributed by atoms with van der Waals surface area (Å²) in [5.41, 5.74) is 0.321. The molecule has 4 nitrogen and oxygen atoms in total. The van der Waals surface area contributed by atoms with Crippen LogP contribution in [-0.4, -0.2) is 32.6 Å². The average Bonchev–Trinajstić information content (AvgIpc) is 2.54. The Morgan fingerprint density at radius 1 is 1.26 bits per heavy atom. The quantitative estimate of drug-likeness (QED) is 0.806. The Hall–Kier alpha value is -2.02. The highest BCUT2D eigenvalue weighted by Crippen LogP contribution is 2.29. The summed E-state index contributed by atoms with van der Waals surface area (Å²) in [6.45, 7) is 0.722. The molecule has 0 unspecified atom stereocenters. The Labute approximate surface area is 136 Å². The molecule has 1 atom stereocenters. The first kappa shape index (κ1) is 15.9. The number of nitrogens with zero attached hydrogens (tertiary/aromatic N) is 3. The Morgan fingerprint density at radius 2 is 2.04 bits per heavy atom. The molecule has 1 aliphatic rings. The molecule has 0 bridgehead atoms. The molecule has 2 aromatic rings. The number of hydrogen-bond acceptors (Lipinski definition) is 4. The second-order valence-electron chi connectivity index (χ2n) is 5.28. The van der Waals surface area contributed by atoms with Crippen LogP contribution in [0.4, 0.5) is 8.78 Å². The van der Waals surface area contributed by atoms with E-state index in [1.54, 1.807) is 23.4 Å². The first-order valence-corrected chi connectivity index (χ1v) is 8.18. The number of benzene rings is 1. The second kappa shape index (κ2) is 7.04. The van der Waals surface area contributed by atoms with Crippen molar-refractivity contribution in [2.75, 3.05) is 6.54 Å². The predicted molar refractivity (Wildman–Crippen MR) is 82.7 cm³/mol. The Bertz CT molecular complexity index is 699. The standard InChI is InChI=1S/C16H15F2N3OS/c17-12-5-4-11(13(18)9-12)10-21-8-1-3-14(15(21)22)23-16-19-6-2-7-20-16/h2,4-7,9,14H,1,3,8,10H2/t14-/m1/s1. The monoisotopic (exact) mass is 335 g/mol. The zero-order chi connectivity index (χ0) is 16.2. The fraction of sp³-hybridized carbons (Fsp3) is 0.312. The number of piperidine rings is 1. The lowest BCUT2D eigenvalue weighted by Crippen LogP contribution is -2.42. The SMILES string of the molecule is O=C1[C@H](Sc2ncccn2)CCCN1Cc1ccc(F)cc1F. The maximum atomic E-state index is 13.8. The van der Waals surface area contributed by atoms with Crippen LogP contribution in [0.15, 0.2) is 41.8 Å². The van der Waals surface area contributed by atoms with E-state index in [1.807, 2.05) is 0 Å². The Kier molecular flexibility index (Phi) is 4.85. The molecule has 0 radical (unpaired) electrons. The van der Waals surface area contributed by atoms with Crippen LogP contribution < -0.4 is 0 Å². The highest BCUT2D eigenvalue weighted by molar-refractivity contribution is 8.00. The van der Waals surface area contributed by atoms with Crippen molar-refractivity contribution in [2.24, 2.45) is 0 Å². The van der Waals surface area contributed by atoms with Gasteiger partial charge in [0.25, 0.3) is 0 Å². The molecule has 1 aliphatic heterocycles. The fourth-order valence-corrected chi connectivity index (χ4v) is 3.53. The summed E-state index contributed by atoms with van der Waals surface area (Å²) in [5.74, 6) is -1.30. The van der Waals surface area contributed by atoms with E-state index in [4.69, 9.17) is 0 Å². The topological polar surface area (TPSA) is 46.1 Å². The number of carbonyl (C=O) groups is 1. The van der Waals surface area contributed by atoms with Gasteiger partial charge in [0, 0.05) is 37.1 Å². The van der Waals surface area contributed by atoms with Gasteiger partial charge in [0.1, 0.15) is 11.6 Å². The van der Waals surface area contributed by atoms with Gasteiger partial charge in [-0.1, -0.05) is 17.8 Å². The van der Waals surface area contributed by atoms with Gasteiger partial charge in [0.15, 0.2) is 5.16 Å². The number of amides is 1. The molecule has 0 aliphatic carbocycles. The van der Waals surface area contributed by atoms with Gasteiger partial charge in [-0.3, -0.25) is 4.79 Å². The molecule has 1 fully saturated rings. The van der Waals surface area contributed by atoms with Crippen LogP contribution in [0.25, 0.3) is 0 Å². The molecule has 1 amide bonds. The number of hydrogen-bond donors (Lipinski definition) is 0. The van der Waals surface area contributed by atoms with Crippen molar-refractivity contribution in [3.63, 3.8) is 0 Å². The molecular formula is C16H15F2N3OS. The first-order valence-electron chi connectivity index (χ1n) is 7.30. The summed E-state index contributed by atoms with van der Waals surface area (Å²) in [6, 6.07) is 5.15. The van der Waals surface area contributed by atoms with Crippen LogP contribution in [-0.2, 0) is 11.3 Å². The molecular weight excluding hydrogens is 320 g/mol. The zero-order valence-electron chi connectivity index (χ0n) is 12.3. The maximum absolute atomic E-state index is 13.8. The lowest BCUT2D eigenvalue weighted by Gasteiger charge is -2.31. The summed E-state index contributed by atoms with van der Waals surface area (Å²) in [5, 5.41) is 0.287. The lowest BCUT2D eigenvalue weighted by atomic mass is 10.1. The van der Waals surface area contributed by atoms with Crippen molar-refractivity contribution < 1.29 is 13.6 Å². The van der Waals surface area contributed by atoms with E-state index in [1.165, 1.54) is 23.9 Å². The van der Waals surface area contributed by atoms with Crippen molar-refractivity contribution in [1.29, 1.82) is 0 Å². The van der Waals surface area contributed by atoms with Gasteiger partial charge in [-0.15, -0.1) is 0 Å². The minimum Gasteiger partial charge on any atom is -0.337 e. The zero-order valence-corrected chi connectivity index (χ0v) is 13.1. The molecule has 7 heteroatoms. The van der Waals surface area contributed by atoms with E-state index in [-0.39, 0.29) is 17.7 Å². The van der Waals surface area contributed by atoms with Crippen LogP contribution in [0.5, 0.6) is 0 Å². The van der Waals surface area contributed by atoms with Gasteiger partial charge in [0.05, 0.1) is 5.25 Å². The van der Waals surface area contributed by atoms with Crippen molar-refractivity contribution in [3.8, 4) is 0 Å². The summed E-state index contributed by atoms with van der Waals surface area (Å²) in [6.07, 6.45) is 4.84. The van der Waals surface area contributed by atoms with Gasteiger partial charge in [0.2, 0.25) is 5.91 Å². The lowest BCUT2D eigenvalue weighted by molar-refractivity contribution is -0.133. The molecule has 1 aromatic heterocycles. The van der Waals surface area contributed by atoms with Crippen LogP contribution in [0.3, 0.4) is 0 Å². The molecule has 1 aromatic carbocycles. The van der Waals surface area contributed by atoms with E-state index < -0.39 is 11.6 Å². The summed E-state index contributed by atoms with van der Waals surface area (Å²) < 4.78 is 26.7. The van der Waals surface area contributed by atoms with Crippen LogP contribution in [0.2, 0.25) is 0 Å². The molecule has 3 rings (SSSR count). The van der Waals surface area contributed by atoms with Crippen molar-refractivity contribution in [2.45, 2.75) is 29.8 Å². The molecule has 1 saturated heterocycles. The van der Waals surface area contributed by atoms with Crippen LogP contribution >= 0.6 is 11.8 Å². The number of carbonyl (C=O) groups excluding carboxylic acids is 1. The number of aromatic nitrogens is 2. The van der Waals surface area contributed by atoms with Gasteiger partial charge in [-0.2, -0.15) is 0 Å². The Balaban J connectivity index is 1.69. The van der Waals surface area contributed by atoms with Crippen LogP contribution in [0, 0.1) is 11.6 Å². The van der Waals surface area contributed by atoms with E-state index >= 15 is 0 Å². The van der Waals surface area contributed by atoms with Gasteiger partial charge in [-0.25, -0.2) is 18.7 Å². The molecule has 0 saturated carbocycles. The largest absolute Gasteiger partial charge is 0.337 e. The molecule has 2 heterocycles. The highest BCUT2D eigenvalue weighted by atomic mass is 32.2. The van der Waals surface area contributed by atoms with Crippen molar-refractivity contribution in [3.05, 3.63) is 53.9 Å². The number of halogens is 2. The minimum atomic E-state index is -0.626. The van der Waals surface area contributed by atoms with E-state index in [2.05, 4.69) is 9.97 Å². The third kappa shape index (κ3) is 3.85. The van der Waals surface area contributed by atoms with Crippen LogP contribution in [0.1, 0.15) is 18.4 Å². The third-order valence-electron chi connectivity index (χ3n) is 3.65. The molecule has 0 N–H and O–H groups in total. The van der Waals surface area contributed by atoms with E-state index in [0.29, 0.717) is 17.3 Å². The normalized spacial score (nSPS) is 18.3. The van der Waals surface area contributed by atoms with Gasteiger partial charge in [-0.05, 0) is 25.0 Å². The van der Waals surface area contributed by atoms with Crippen molar-refractivity contribution in [1.82, 2.24) is 14.9 Å². The van der Waals surface area contributed by atoms with E-state index in [9.17, 15) is 13.6 Å². The summed E-state index contributed by atoms with van der Waals surface area (Å²) in [7, 11) is 0. The molecule has 23 heavy (non-hydrogen) atoms. The second-order valence-corrected chi connectivity index (χ2v) is 6.45. The molecule has 120 valence electrons. The fourth-order valence-electron chi connectivity index (χ4n) is 2.50. The van der Waals surface area contributed by atoms with Crippen molar-refractivity contribution >= 4 is 17.7 Å². The van der Waals surface area contributed by atoms with Gasteiger partial charge < -0.3 is 4.90 Å². The number of likely N-dealkylation sites (tertiary alicyclic amines) is 1. The molecule has 0 spiro atoms.